The SMILES string of the molecule is CC=C(C)C(=O)OCC(C)(C)C=C(C)C. The van der Waals surface area contributed by atoms with Gasteiger partial charge in [0.1, 0.15) is 6.61 Å². The van der Waals surface area contributed by atoms with Gasteiger partial charge in [-0.05, 0) is 27.7 Å². The number of carbonyl (C=O) groups excluding carboxylic acids is 1. The molecule has 0 fully saturated rings. The van der Waals surface area contributed by atoms with Crippen LogP contribution in [0.15, 0.2) is 23.3 Å². The summed E-state index contributed by atoms with van der Waals surface area (Å²) in [6.45, 7) is 12.2. The van der Waals surface area contributed by atoms with Crippen molar-refractivity contribution in [2.24, 2.45) is 5.41 Å². The molecular weight excluding hydrogens is 188 g/mol. The minimum absolute atomic E-state index is 0.0947. The van der Waals surface area contributed by atoms with Gasteiger partial charge < -0.3 is 4.74 Å². The lowest BCUT2D eigenvalue weighted by Gasteiger charge is -2.20. The summed E-state index contributed by atoms with van der Waals surface area (Å²) in [5.41, 5.74) is 1.80. The first-order valence-corrected chi connectivity index (χ1v) is 5.24. The van der Waals surface area contributed by atoms with E-state index in [1.165, 1.54) is 5.57 Å². The number of ether oxygens (including phenoxy) is 1. The van der Waals surface area contributed by atoms with Crippen LogP contribution in [0.3, 0.4) is 0 Å². The maximum Gasteiger partial charge on any atom is 0.333 e. The lowest BCUT2D eigenvalue weighted by atomic mass is 9.92. The zero-order valence-corrected chi connectivity index (χ0v) is 10.7. The molecule has 0 amide bonds. The van der Waals surface area contributed by atoms with Crippen LogP contribution < -0.4 is 0 Å². The van der Waals surface area contributed by atoms with Gasteiger partial charge in [-0.15, -0.1) is 0 Å². The number of hydrogen-bond acceptors (Lipinski definition) is 2. The molecule has 0 saturated heterocycles. The first kappa shape index (κ1) is 13.9. The van der Waals surface area contributed by atoms with Crippen molar-refractivity contribution in [3.05, 3.63) is 23.3 Å². The Morgan fingerprint density at radius 3 is 2.20 bits per heavy atom. The molecule has 0 aliphatic rings. The topological polar surface area (TPSA) is 26.3 Å². The third-order valence-electron chi connectivity index (χ3n) is 2.01. The Bertz CT molecular complexity index is 279. The second-order valence-electron chi connectivity index (χ2n) is 4.76. The summed E-state index contributed by atoms with van der Waals surface area (Å²) >= 11 is 0. The number of allylic oxidation sites excluding steroid dienone is 2. The fraction of sp³-hybridized carbons (Fsp3) is 0.615. The van der Waals surface area contributed by atoms with Gasteiger partial charge in [0.2, 0.25) is 0 Å². The smallest absolute Gasteiger partial charge is 0.333 e. The highest BCUT2D eigenvalue weighted by Crippen LogP contribution is 2.20. The molecule has 0 aliphatic carbocycles. The quantitative estimate of drug-likeness (QED) is 0.403. The summed E-state index contributed by atoms with van der Waals surface area (Å²) in [4.78, 5) is 11.4. The van der Waals surface area contributed by atoms with E-state index < -0.39 is 0 Å². The summed E-state index contributed by atoms with van der Waals surface area (Å²) in [6, 6.07) is 0. The molecular formula is C13H22O2. The van der Waals surface area contributed by atoms with E-state index in [0.29, 0.717) is 12.2 Å². The van der Waals surface area contributed by atoms with Gasteiger partial charge in [0.25, 0.3) is 0 Å². The van der Waals surface area contributed by atoms with Crippen molar-refractivity contribution in [2.75, 3.05) is 6.61 Å². The minimum atomic E-state index is -0.229. The molecule has 0 bridgehead atoms. The Labute approximate surface area is 93.0 Å². The molecule has 0 saturated carbocycles. The van der Waals surface area contributed by atoms with Crippen molar-refractivity contribution in [2.45, 2.75) is 41.5 Å². The molecule has 0 radical (unpaired) electrons. The van der Waals surface area contributed by atoms with Crippen molar-refractivity contribution in [1.82, 2.24) is 0 Å². The lowest BCUT2D eigenvalue weighted by molar-refractivity contribution is -0.141. The average Bonchev–Trinajstić information content (AvgIpc) is 2.11. The molecule has 0 spiro atoms. The highest BCUT2D eigenvalue weighted by molar-refractivity contribution is 5.87. The molecule has 0 rings (SSSR count). The first-order valence-electron chi connectivity index (χ1n) is 5.24. The lowest BCUT2D eigenvalue weighted by Crippen LogP contribution is -2.20. The highest BCUT2D eigenvalue weighted by atomic mass is 16.5. The largest absolute Gasteiger partial charge is 0.461 e. The van der Waals surface area contributed by atoms with Crippen LogP contribution in [0.2, 0.25) is 0 Å². The summed E-state index contributed by atoms with van der Waals surface area (Å²) in [7, 11) is 0. The Hall–Kier alpha value is -1.05. The zero-order valence-electron chi connectivity index (χ0n) is 10.7. The normalized spacial score (nSPS) is 12.3. The highest BCUT2D eigenvalue weighted by Gasteiger charge is 2.17. The van der Waals surface area contributed by atoms with Gasteiger partial charge in [-0.2, -0.15) is 0 Å². The average molecular weight is 210 g/mol. The molecule has 0 unspecified atom stereocenters. The summed E-state index contributed by atoms with van der Waals surface area (Å²) in [5.74, 6) is -0.229. The molecule has 0 N–H and O–H groups in total. The van der Waals surface area contributed by atoms with Crippen LogP contribution in [-0.2, 0) is 9.53 Å². The Balaban J connectivity index is 4.28. The van der Waals surface area contributed by atoms with Crippen molar-refractivity contribution in [1.29, 1.82) is 0 Å². The van der Waals surface area contributed by atoms with Gasteiger partial charge in [-0.1, -0.05) is 31.6 Å². The third kappa shape index (κ3) is 6.10. The van der Waals surface area contributed by atoms with E-state index in [1.807, 2.05) is 20.8 Å². The van der Waals surface area contributed by atoms with Crippen LogP contribution >= 0.6 is 0 Å². The van der Waals surface area contributed by atoms with Crippen LogP contribution in [0.5, 0.6) is 0 Å². The van der Waals surface area contributed by atoms with Crippen LogP contribution in [0.25, 0.3) is 0 Å². The Kier molecular flexibility index (Phi) is 5.34. The fourth-order valence-corrected chi connectivity index (χ4v) is 1.31. The summed E-state index contributed by atoms with van der Waals surface area (Å²) in [6.07, 6.45) is 3.88. The Morgan fingerprint density at radius 2 is 1.80 bits per heavy atom. The van der Waals surface area contributed by atoms with E-state index in [0.717, 1.165) is 0 Å². The molecule has 0 heterocycles. The van der Waals surface area contributed by atoms with E-state index in [4.69, 9.17) is 4.74 Å². The van der Waals surface area contributed by atoms with Crippen molar-refractivity contribution < 1.29 is 9.53 Å². The molecule has 2 nitrogen and oxygen atoms in total. The molecule has 86 valence electrons. The minimum Gasteiger partial charge on any atom is -0.461 e. The van der Waals surface area contributed by atoms with Gasteiger partial charge in [0.15, 0.2) is 0 Å². The second kappa shape index (κ2) is 5.74. The molecule has 0 aromatic carbocycles. The summed E-state index contributed by atoms with van der Waals surface area (Å²) < 4.78 is 5.21. The van der Waals surface area contributed by atoms with E-state index in [-0.39, 0.29) is 11.4 Å². The number of hydrogen-bond donors (Lipinski definition) is 0. The predicted octanol–water partition coefficient (Wildman–Crippen LogP) is 3.49. The monoisotopic (exact) mass is 210 g/mol. The van der Waals surface area contributed by atoms with E-state index in [2.05, 4.69) is 19.9 Å². The number of esters is 1. The van der Waals surface area contributed by atoms with Crippen LogP contribution in [-0.4, -0.2) is 12.6 Å². The third-order valence-corrected chi connectivity index (χ3v) is 2.01. The molecule has 0 atom stereocenters. The Morgan fingerprint density at radius 1 is 1.27 bits per heavy atom. The van der Waals surface area contributed by atoms with E-state index in [1.54, 1.807) is 13.0 Å². The van der Waals surface area contributed by atoms with Crippen LogP contribution in [0.1, 0.15) is 41.5 Å². The van der Waals surface area contributed by atoms with Gasteiger partial charge in [0, 0.05) is 11.0 Å². The van der Waals surface area contributed by atoms with Gasteiger partial charge in [0.05, 0.1) is 0 Å². The maximum atomic E-state index is 11.4. The maximum absolute atomic E-state index is 11.4. The second-order valence-corrected chi connectivity index (χ2v) is 4.76. The van der Waals surface area contributed by atoms with Crippen molar-refractivity contribution >= 4 is 5.97 Å². The zero-order chi connectivity index (χ0) is 12.1. The number of rotatable bonds is 4. The van der Waals surface area contributed by atoms with Gasteiger partial charge in [-0.3, -0.25) is 0 Å². The van der Waals surface area contributed by atoms with Crippen molar-refractivity contribution in [3.8, 4) is 0 Å². The molecule has 0 aromatic rings. The molecule has 0 aliphatic heterocycles. The predicted molar refractivity (Wildman–Crippen MR) is 63.6 cm³/mol. The standard InChI is InChI=1S/C13H22O2/c1-7-11(4)12(14)15-9-13(5,6)8-10(2)3/h7-8H,9H2,1-6H3. The molecule has 2 heteroatoms. The molecule has 15 heavy (non-hydrogen) atoms. The van der Waals surface area contributed by atoms with Crippen LogP contribution in [0, 0.1) is 5.41 Å². The first-order chi connectivity index (χ1) is 6.78. The fourth-order valence-electron chi connectivity index (χ4n) is 1.31. The van der Waals surface area contributed by atoms with Crippen LogP contribution in [0.4, 0.5) is 0 Å². The van der Waals surface area contributed by atoms with Crippen molar-refractivity contribution in [3.63, 3.8) is 0 Å². The molecule has 0 aromatic heterocycles. The summed E-state index contributed by atoms with van der Waals surface area (Å²) in [5, 5.41) is 0. The van der Waals surface area contributed by atoms with E-state index >= 15 is 0 Å². The van der Waals surface area contributed by atoms with Gasteiger partial charge in [-0.25, -0.2) is 4.79 Å². The number of carbonyl (C=O) groups is 1. The van der Waals surface area contributed by atoms with Gasteiger partial charge >= 0.3 is 5.97 Å². The van der Waals surface area contributed by atoms with E-state index in [9.17, 15) is 4.79 Å².